The van der Waals surface area contributed by atoms with Gasteiger partial charge in [-0.2, -0.15) is 5.26 Å². The molecule has 11 nitrogen and oxygen atoms in total. The number of fused-ring (bicyclic) bond motifs is 1. The summed E-state index contributed by atoms with van der Waals surface area (Å²) in [5, 5.41) is 19.8. The summed E-state index contributed by atoms with van der Waals surface area (Å²) in [5.41, 5.74) is 1.13. The van der Waals surface area contributed by atoms with Crippen molar-refractivity contribution in [1.29, 1.82) is 5.26 Å². The molecule has 5 rings (SSSR count). The number of methoxy groups -OCH3 is 1. The molecule has 0 bridgehead atoms. The maximum Gasteiger partial charge on any atom is 0.293 e. The van der Waals surface area contributed by atoms with Crippen LogP contribution >= 0.6 is 11.3 Å². The SMILES string of the molecule is COc1ccc(/C=C/S(=O)(=O)Nc2cnc3c(-c4nnc(-c5ccccc5)s4)c(=O)n(C#N)n3c2)cc1. The maximum absolute atomic E-state index is 13.0. The van der Waals surface area contributed by atoms with Crippen LogP contribution < -0.4 is 15.0 Å². The molecule has 3 heterocycles. The van der Waals surface area contributed by atoms with Gasteiger partial charge in [-0.25, -0.2) is 17.9 Å². The number of hydrogen-bond donors (Lipinski definition) is 1. The Morgan fingerprint density at radius 2 is 1.81 bits per heavy atom. The number of ether oxygens (including phenoxy) is 1. The van der Waals surface area contributed by atoms with Gasteiger partial charge >= 0.3 is 0 Å². The molecule has 0 saturated carbocycles. The predicted octanol–water partition coefficient (Wildman–Crippen LogP) is 3.43. The summed E-state index contributed by atoms with van der Waals surface area (Å²) in [5.74, 6) is 0.650. The Kier molecular flexibility index (Phi) is 6.26. The molecule has 0 amide bonds. The van der Waals surface area contributed by atoms with E-state index in [1.807, 2.05) is 30.3 Å². The second-order valence-electron chi connectivity index (χ2n) is 7.60. The molecule has 13 heteroatoms. The highest BCUT2D eigenvalue weighted by Gasteiger charge is 2.22. The third-order valence-electron chi connectivity index (χ3n) is 5.22. The fourth-order valence-corrected chi connectivity index (χ4v) is 5.20. The molecule has 0 spiro atoms. The van der Waals surface area contributed by atoms with Crippen molar-refractivity contribution < 1.29 is 13.2 Å². The van der Waals surface area contributed by atoms with E-state index in [-0.39, 0.29) is 16.9 Å². The second kappa shape index (κ2) is 9.69. The number of anilines is 1. The Labute approximate surface area is 214 Å². The van der Waals surface area contributed by atoms with E-state index >= 15 is 0 Å². The minimum Gasteiger partial charge on any atom is -0.497 e. The van der Waals surface area contributed by atoms with E-state index in [4.69, 9.17) is 4.74 Å². The van der Waals surface area contributed by atoms with Gasteiger partial charge in [-0.05, 0) is 23.8 Å². The van der Waals surface area contributed by atoms with Crippen molar-refractivity contribution in [3.8, 4) is 33.1 Å². The Balaban J connectivity index is 1.47. The van der Waals surface area contributed by atoms with E-state index in [1.165, 1.54) is 34.3 Å². The molecule has 0 aliphatic carbocycles. The first-order valence-corrected chi connectivity index (χ1v) is 13.0. The number of nitrogens with one attached hydrogen (secondary N) is 1. The normalized spacial score (nSPS) is 11.6. The molecule has 2 aromatic carbocycles. The summed E-state index contributed by atoms with van der Waals surface area (Å²) < 4.78 is 34.6. The molecule has 0 saturated heterocycles. The third-order valence-corrected chi connectivity index (χ3v) is 7.22. The van der Waals surface area contributed by atoms with E-state index in [2.05, 4.69) is 19.9 Å². The monoisotopic (exact) mass is 531 g/mol. The highest BCUT2D eigenvalue weighted by Crippen LogP contribution is 2.30. The van der Waals surface area contributed by atoms with Crippen molar-refractivity contribution in [2.45, 2.75) is 0 Å². The molecule has 5 aromatic rings. The summed E-state index contributed by atoms with van der Waals surface area (Å²) in [6, 6.07) is 16.2. The Hall–Kier alpha value is -4.80. The average molecular weight is 532 g/mol. The van der Waals surface area contributed by atoms with Gasteiger partial charge in [0.2, 0.25) is 6.19 Å². The number of nitriles is 1. The zero-order chi connectivity index (χ0) is 26.0. The largest absolute Gasteiger partial charge is 0.497 e. The fourth-order valence-electron chi connectivity index (χ4n) is 3.48. The third kappa shape index (κ3) is 4.83. The van der Waals surface area contributed by atoms with Crippen LogP contribution in [0, 0.1) is 11.5 Å². The predicted molar refractivity (Wildman–Crippen MR) is 139 cm³/mol. The molecule has 1 N–H and O–H groups in total. The number of rotatable bonds is 7. The Morgan fingerprint density at radius 3 is 2.51 bits per heavy atom. The van der Waals surface area contributed by atoms with Crippen molar-refractivity contribution in [3.05, 3.63) is 88.3 Å². The highest BCUT2D eigenvalue weighted by atomic mass is 32.2. The molecule has 3 aromatic heterocycles. The molecule has 0 unspecified atom stereocenters. The van der Waals surface area contributed by atoms with E-state index in [1.54, 1.807) is 37.6 Å². The molecule has 0 fully saturated rings. The van der Waals surface area contributed by atoms with Crippen molar-refractivity contribution in [1.82, 2.24) is 24.4 Å². The van der Waals surface area contributed by atoms with Crippen LogP contribution in [0.25, 0.3) is 32.9 Å². The highest BCUT2D eigenvalue weighted by molar-refractivity contribution is 7.95. The van der Waals surface area contributed by atoms with Crippen LogP contribution in [-0.2, 0) is 10.0 Å². The molecule has 0 radical (unpaired) electrons. The number of benzene rings is 2. The molecular formula is C24H17N7O4S2. The van der Waals surface area contributed by atoms with E-state index < -0.39 is 15.6 Å². The van der Waals surface area contributed by atoms with Crippen LogP contribution in [0.5, 0.6) is 5.75 Å². The summed E-state index contributed by atoms with van der Waals surface area (Å²) in [6.07, 6.45) is 5.78. The van der Waals surface area contributed by atoms with Gasteiger partial charge < -0.3 is 4.74 Å². The standard InChI is InChI=1S/C24H17N7O4S2/c1-35-19-9-7-16(8-10-19)11-12-37(33,34)29-18-13-26-21-20(24(32)31(15-25)30(21)14-18)23-28-27-22(36-23)17-5-3-2-4-6-17/h2-14,29H,1H3/b12-11+. The molecule has 0 aliphatic heterocycles. The van der Waals surface area contributed by atoms with Crippen LogP contribution in [-0.4, -0.2) is 39.9 Å². The molecular weight excluding hydrogens is 514 g/mol. The zero-order valence-electron chi connectivity index (χ0n) is 19.1. The van der Waals surface area contributed by atoms with Gasteiger partial charge in [-0.3, -0.25) is 9.52 Å². The quantitative estimate of drug-likeness (QED) is 0.336. The van der Waals surface area contributed by atoms with Gasteiger partial charge in [0.05, 0.1) is 30.6 Å². The lowest BCUT2D eigenvalue weighted by Gasteiger charge is -2.05. The number of aromatic nitrogens is 5. The molecule has 0 atom stereocenters. The summed E-state index contributed by atoms with van der Waals surface area (Å²) in [6.45, 7) is 0. The Morgan fingerprint density at radius 1 is 1.08 bits per heavy atom. The lowest BCUT2D eigenvalue weighted by Crippen LogP contribution is -2.16. The van der Waals surface area contributed by atoms with Crippen LogP contribution in [0.4, 0.5) is 5.69 Å². The molecule has 184 valence electrons. The van der Waals surface area contributed by atoms with Gasteiger partial charge in [0, 0.05) is 5.56 Å². The van der Waals surface area contributed by atoms with Crippen molar-refractivity contribution in [3.63, 3.8) is 0 Å². The van der Waals surface area contributed by atoms with E-state index in [0.717, 1.165) is 15.7 Å². The van der Waals surface area contributed by atoms with Gasteiger partial charge in [-0.15, -0.1) is 14.9 Å². The van der Waals surface area contributed by atoms with Crippen molar-refractivity contribution in [2.75, 3.05) is 11.8 Å². The van der Waals surface area contributed by atoms with Gasteiger partial charge in [0.25, 0.3) is 15.6 Å². The minimum absolute atomic E-state index is 0.0552. The van der Waals surface area contributed by atoms with Crippen molar-refractivity contribution >= 4 is 38.8 Å². The van der Waals surface area contributed by atoms with E-state index in [0.29, 0.717) is 21.3 Å². The van der Waals surface area contributed by atoms with Crippen LogP contribution in [0.15, 0.2) is 77.2 Å². The number of hydrogen-bond acceptors (Lipinski definition) is 9. The fraction of sp³-hybridized carbons (Fsp3) is 0.0417. The first-order chi connectivity index (χ1) is 17.9. The average Bonchev–Trinajstić information content (AvgIpc) is 3.49. The zero-order valence-corrected chi connectivity index (χ0v) is 20.8. The topological polar surface area (TPSA) is 144 Å². The maximum atomic E-state index is 13.0. The molecule has 37 heavy (non-hydrogen) atoms. The number of sulfonamides is 1. The second-order valence-corrected chi connectivity index (χ2v) is 10.1. The van der Waals surface area contributed by atoms with Crippen LogP contribution in [0.2, 0.25) is 0 Å². The first kappa shape index (κ1) is 23.9. The Bertz CT molecular complexity index is 1830. The summed E-state index contributed by atoms with van der Waals surface area (Å²) >= 11 is 1.19. The van der Waals surface area contributed by atoms with Gasteiger partial charge in [-0.1, -0.05) is 53.8 Å². The lowest BCUT2D eigenvalue weighted by molar-refractivity contribution is 0.415. The van der Waals surface area contributed by atoms with Gasteiger partial charge in [0.1, 0.15) is 16.3 Å². The molecule has 0 aliphatic rings. The smallest absolute Gasteiger partial charge is 0.293 e. The number of nitrogens with zero attached hydrogens (tertiary/aromatic N) is 6. The first-order valence-electron chi connectivity index (χ1n) is 10.7. The minimum atomic E-state index is -3.93. The van der Waals surface area contributed by atoms with Crippen molar-refractivity contribution in [2.24, 2.45) is 0 Å². The lowest BCUT2D eigenvalue weighted by atomic mass is 10.2. The summed E-state index contributed by atoms with van der Waals surface area (Å²) in [7, 11) is -2.38. The van der Waals surface area contributed by atoms with Crippen LogP contribution in [0.1, 0.15) is 5.56 Å². The van der Waals surface area contributed by atoms with Gasteiger partial charge in [0.15, 0.2) is 10.7 Å². The van der Waals surface area contributed by atoms with Crippen LogP contribution in [0.3, 0.4) is 0 Å². The summed E-state index contributed by atoms with van der Waals surface area (Å²) in [4.78, 5) is 17.3. The van der Waals surface area contributed by atoms with E-state index in [9.17, 15) is 18.5 Å².